The van der Waals surface area contributed by atoms with Crippen LogP contribution < -0.4 is 10.6 Å². The molecule has 0 bridgehead atoms. The van der Waals surface area contributed by atoms with E-state index < -0.39 is 0 Å². The van der Waals surface area contributed by atoms with Crippen molar-refractivity contribution in [2.75, 3.05) is 11.9 Å². The SMILES string of the molecule is CCC(N)Cc1ccc(N(C)Cc2ccncc2)cc1C. The van der Waals surface area contributed by atoms with Gasteiger partial charge in [-0.15, -0.1) is 0 Å². The Morgan fingerprint density at radius 1 is 1.19 bits per heavy atom. The van der Waals surface area contributed by atoms with Crippen molar-refractivity contribution in [1.29, 1.82) is 0 Å². The van der Waals surface area contributed by atoms with Crippen molar-refractivity contribution in [2.45, 2.75) is 39.3 Å². The molecule has 1 aromatic carbocycles. The summed E-state index contributed by atoms with van der Waals surface area (Å²) in [4.78, 5) is 6.31. The largest absolute Gasteiger partial charge is 0.370 e. The van der Waals surface area contributed by atoms with Crippen LogP contribution in [0.1, 0.15) is 30.0 Å². The highest BCUT2D eigenvalue weighted by atomic mass is 15.1. The predicted octanol–water partition coefficient (Wildman–Crippen LogP) is 3.31. The standard InChI is InChI=1S/C18H25N3/c1-4-17(19)12-16-5-6-18(11-14(16)2)21(3)13-15-7-9-20-10-8-15/h5-11,17H,4,12-13,19H2,1-3H3. The minimum atomic E-state index is 0.254. The number of hydrogen-bond donors (Lipinski definition) is 1. The highest BCUT2D eigenvalue weighted by molar-refractivity contribution is 5.50. The quantitative estimate of drug-likeness (QED) is 0.884. The number of aryl methyl sites for hydroxylation is 1. The van der Waals surface area contributed by atoms with E-state index in [0.717, 1.165) is 19.4 Å². The molecule has 1 aromatic heterocycles. The van der Waals surface area contributed by atoms with E-state index in [1.807, 2.05) is 12.4 Å². The Hall–Kier alpha value is -1.87. The lowest BCUT2D eigenvalue weighted by Gasteiger charge is -2.21. The first-order chi connectivity index (χ1) is 10.1. The van der Waals surface area contributed by atoms with E-state index in [4.69, 9.17) is 5.73 Å². The lowest BCUT2D eigenvalue weighted by atomic mass is 9.99. The maximum Gasteiger partial charge on any atom is 0.0427 e. The molecule has 0 aliphatic carbocycles. The zero-order valence-corrected chi connectivity index (χ0v) is 13.2. The molecule has 3 heteroatoms. The Labute approximate surface area is 127 Å². The summed E-state index contributed by atoms with van der Waals surface area (Å²) in [6.45, 7) is 5.19. The minimum Gasteiger partial charge on any atom is -0.370 e. The van der Waals surface area contributed by atoms with Gasteiger partial charge in [0.2, 0.25) is 0 Å². The zero-order chi connectivity index (χ0) is 15.2. The van der Waals surface area contributed by atoms with Crippen LogP contribution >= 0.6 is 0 Å². The summed E-state index contributed by atoms with van der Waals surface area (Å²) in [6, 6.07) is 11.0. The average Bonchev–Trinajstić information content (AvgIpc) is 2.50. The number of anilines is 1. The monoisotopic (exact) mass is 283 g/mol. The van der Waals surface area contributed by atoms with Gasteiger partial charge in [0.05, 0.1) is 0 Å². The van der Waals surface area contributed by atoms with Gasteiger partial charge in [-0.1, -0.05) is 13.0 Å². The first kappa shape index (κ1) is 15.5. The summed E-state index contributed by atoms with van der Waals surface area (Å²) >= 11 is 0. The second-order valence-corrected chi connectivity index (χ2v) is 5.69. The third kappa shape index (κ3) is 4.30. The van der Waals surface area contributed by atoms with Crippen LogP contribution in [0.5, 0.6) is 0 Å². The van der Waals surface area contributed by atoms with Gasteiger partial charge in [-0.25, -0.2) is 0 Å². The van der Waals surface area contributed by atoms with Gasteiger partial charge in [0, 0.05) is 37.7 Å². The van der Waals surface area contributed by atoms with Crippen LogP contribution in [0.25, 0.3) is 0 Å². The normalized spacial score (nSPS) is 12.2. The van der Waals surface area contributed by atoms with Crippen LogP contribution in [-0.2, 0) is 13.0 Å². The highest BCUT2D eigenvalue weighted by Crippen LogP contribution is 2.21. The van der Waals surface area contributed by atoms with Crippen molar-refractivity contribution in [3.05, 3.63) is 59.4 Å². The Balaban J connectivity index is 2.08. The number of nitrogens with two attached hydrogens (primary N) is 1. The molecule has 0 radical (unpaired) electrons. The summed E-state index contributed by atoms with van der Waals surface area (Å²) in [5.74, 6) is 0. The van der Waals surface area contributed by atoms with E-state index in [-0.39, 0.29) is 6.04 Å². The molecule has 0 fully saturated rings. The molecule has 1 heterocycles. The Kier molecular flexibility index (Phi) is 5.34. The molecule has 2 N–H and O–H groups in total. The smallest absolute Gasteiger partial charge is 0.0427 e. The van der Waals surface area contributed by atoms with E-state index in [2.05, 4.69) is 61.1 Å². The number of hydrogen-bond acceptors (Lipinski definition) is 3. The number of nitrogens with zero attached hydrogens (tertiary/aromatic N) is 2. The van der Waals surface area contributed by atoms with Crippen LogP contribution in [0.3, 0.4) is 0 Å². The van der Waals surface area contributed by atoms with E-state index >= 15 is 0 Å². The van der Waals surface area contributed by atoms with Gasteiger partial charge in [0.1, 0.15) is 0 Å². The lowest BCUT2D eigenvalue weighted by Crippen LogP contribution is -2.22. The van der Waals surface area contributed by atoms with Gasteiger partial charge in [-0.05, 0) is 60.7 Å². The lowest BCUT2D eigenvalue weighted by molar-refractivity contribution is 0.644. The summed E-state index contributed by atoms with van der Waals surface area (Å²) in [6.07, 6.45) is 5.65. The molecule has 0 saturated carbocycles. The van der Waals surface area contributed by atoms with Gasteiger partial charge in [-0.3, -0.25) is 4.98 Å². The van der Waals surface area contributed by atoms with Gasteiger partial charge >= 0.3 is 0 Å². The van der Waals surface area contributed by atoms with Crippen molar-refractivity contribution in [1.82, 2.24) is 4.98 Å². The Morgan fingerprint density at radius 3 is 2.52 bits per heavy atom. The maximum atomic E-state index is 6.06. The third-order valence-electron chi connectivity index (χ3n) is 3.94. The number of rotatable bonds is 6. The molecule has 112 valence electrons. The predicted molar refractivity (Wildman–Crippen MR) is 89.5 cm³/mol. The Morgan fingerprint density at radius 2 is 1.90 bits per heavy atom. The van der Waals surface area contributed by atoms with Crippen molar-refractivity contribution in [3.8, 4) is 0 Å². The van der Waals surface area contributed by atoms with Crippen LogP contribution in [-0.4, -0.2) is 18.1 Å². The molecule has 0 saturated heterocycles. The number of benzene rings is 1. The van der Waals surface area contributed by atoms with E-state index in [9.17, 15) is 0 Å². The van der Waals surface area contributed by atoms with Crippen molar-refractivity contribution >= 4 is 5.69 Å². The van der Waals surface area contributed by atoms with Crippen LogP contribution in [0, 0.1) is 6.92 Å². The molecule has 2 rings (SSSR count). The van der Waals surface area contributed by atoms with Gasteiger partial charge in [0.25, 0.3) is 0 Å². The topological polar surface area (TPSA) is 42.1 Å². The van der Waals surface area contributed by atoms with E-state index in [1.165, 1.54) is 22.4 Å². The minimum absolute atomic E-state index is 0.254. The van der Waals surface area contributed by atoms with E-state index in [1.54, 1.807) is 0 Å². The molecule has 1 atom stereocenters. The van der Waals surface area contributed by atoms with Gasteiger partial charge < -0.3 is 10.6 Å². The fourth-order valence-corrected chi connectivity index (χ4v) is 2.43. The molecule has 0 spiro atoms. The second-order valence-electron chi connectivity index (χ2n) is 5.69. The first-order valence-corrected chi connectivity index (χ1v) is 7.55. The Bertz CT molecular complexity index is 566. The molecular formula is C18H25N3. The number of pyridine rings is 1. The summed E-state index contributed by atoms with van der Waals surface area (Å²) in [5, 5.41) is 0. The maximum absolute atomic E-state index is 6.06. The zero-order valence-electron chi connectivity index (χ0n) is 13.2. The van der Waals surface area contributed by atoms with Crippen molar-refractivity contribution in [3.63, 3.8) is 0 Å². The molecule has 0 amide bonds. The summed E-state index contributed by atoms with van der Waals surface area (Å²) in [5.41, 5.74) is 11.2. The van der Waals surface area contributed by atoms with Crippen LogP contribution in [0.15, 0.2) is 42.7 Å². The fourth-order valence-electron chi connectivity index (χ4n) is 2.43. The van der Waals surface area contributed by atoms with Crippen LogP contribution in [0.2, 0.25) is 0 Å². The number of aromatic nitrogens is 1. The molecule has 21 heavy (non-hydrogen) atoms. The molecule has 2 aromatic rings. The van der Waals surface area contributed by atoms with Crippen molar-refractivity contribution < 1.29 is 0 Å². The molecule has 0 aliphatic rings. The van der Waals surface area contributed by atoms with Crippen molar-refractivity contribution in [2.24, 2.45) is 5.73 Å². The van der Waals surface area contributed by atoms with Crippen LogP contribution in [0.4, 0.5) is 5.69 Å². The van der Waals surface area contributed by atoms with Gasteiger partial charge in [-0.2, -0.15) is 0 Å². The second kappa shape index (κ2) is 7.23. The molecule has 3 nitrogen and oxygen atoms in total. The summed E-state index contributed by atoms with van der Waals surface area (Å²) < 4.78 is 0. The molecule has 0 aliphatic heterocycles. The molecule has 1 unspecified atom stereocenters. The first-order valence-electron chi connectivity index (χ1n) is 7.55. The summed E-state index contributed by atoms with van der Waals surface area (Å²) in [7, 11) is 2.12. The van der Waals surface area contributed by atoms with Gasteiger partial charge in [0.15, 0.2) is 0 Å². The highest BCUT2D eigenvalue weighted by Gasteiger charge is 2.07. The van der Waals surface area contributed by atoms with E-state index in [0.29, 0.717) is 0 Å². The molecular weight excluding hydrogens is 258 g/mol. The third-order valence-corrected chi connectivity index (χ3v) is 3.94. The average molecular weight is 283 g/mol. The fraction of sp³-hybridized carbons (Fsp3) is 0.389.